The highest BCUT2D eigenvalue weighted by molar-refractivity contribution is 7.91. The Morgan fingerprint density at radius 2 is 2.19 bits per heavy atom. The maximum absolute atomic E-state index is 13.0. The molecule has 7 nitrogen and oxygen atoms in total. The van der Waals surface area contributed by atoms with Gasteiger partial charge in [0.25, 0.3) is 5.56 Å². The molecule has 0 saturated carbocycles. The number of hydrogen-bond donors (Lipinski definition) is 0. The Bertz CT molecular complexity index is 1070. The highest BCUT2D eigenvalue weighted by atomic mass is 32.2. The second-order valence-electron chi connectivity index (χ2n) is 7.77. The molecule has 0 aromatic carbocycles. The molecule has 146 valence electrons. The van der Waals surface area contributed by atoms with Gasteiger partial charge in [-0.3, -0.25) is 14.2 Å². The van der Waals surface area contributed by atoms with Crippen LogP contribution in [0.15, 0.2) is 11.1 Å². The number of rotatable bonds is 3. The van der Waals surface area contributed by atoms with Gasteiger partial charge in [-0.1, -0.05) is 6.92 Å². The first-order chi connectivity index (χ1) is 12.7. The summed E-state index contributed by atoms with van der Waals surface area (Å²) >= 11 is 1.59. The molecule has 1 amide bonds. The summed E-state index contributed by atoms with van der Waals surface area (Å²) in [6.07, 6.45) is 4.81. The van der Waals surface area contributed by atoms with Crippen molar-refractivity contribution >= 4 is 37.3 Å². The van der Waals surface area contributed by atoms with Crippen LogP contribution in [0.3, 0.4) is 0 Å². The van der Waals surface area contributed by atoms with Crippen LogP contribution >= 0.6 is 11.3 Å². The molecule has 0 spiro atoms. The molecule has 1 saturated heterocycles. The van der Waals surface area contributed by atoms with Crippen molar-refractivity contribution in [2.45, 2.75) is 45.2 Å². The molecule has 2 aromatic heterocycles. The Labute approximate surface area is 161 Å². The number of carbonyl (C=O) groups is 1. The van der Waals surface area contributed by atoms with Gasteiger partial charge in [-0.25, -0.2) is 13.4 Å². The lowest BCUT2D eigenvalue weighted by Crippen LogP contribution is -2.41. The van der Waals surface area contributed by atoms with Gasteiger partial charge in [-0.05, 0) is 37.2 Å². The quantitative estimate of drug-likeness (QED) is 0.761. The molecule has 2 atom stereocenters. The van der Waals surface area contributed by atoms with Gasteiger partial charge in [-0.15, -0.1) is 11.3 Å². The van der Waals surface area contributed by atoms with Crippen LogP contribution in [0.2, 0.25) is 0 Å². The molecule has 1 aliphatic carbocycles. The average molecular weight is 410 g/mol. The van der Waals surface area contributed by atoms with Crippen LogP contribution in [0.5, 0.6) is 0 Å². The Morgan fingerprint density at radius 1 is 1.41 bits per heavy atom. The summed E-state index contributed by atoms with van der Waals surface area (Å²) in [6, 6.07) is -0.315. The van der Waals surface area contributed by atoms with Gasteiger partial charge in [0.1, 0.15) is 11.4 Å². The van der Waals surface area contributed by atoms with Crippen LogP contribution in [-0.2, 0) is 34.0 Å². The molecule has 0 unspecified atom stereocenters. The fourth-order valence-corrected chi connectivity index (χ4v) is 7.14. The minimum atomic E-state index is -3.06. The van der Waals surface area contributed by atoms with Gasteiger partial charge < -0.3 is 4.90 Å². The van der Waals surface area contributed by atoms with Gasteiger partial charge in [0, 0.05) is 18.0 Å². The summed E-state index contributed by atoms with van der Waals surface area (Å²) in [5.74, 6) is 0.462. The normalized spacial score (nSPS) is 24.1. The number of aryl methyl sites for hydroxylation is 1. The molecular formula is C18H23N3O4S2. The standard InChI is InChI=1S/C18H23N3O4S2/c1-11-3-4-13-14(7-11)26-17-16(13)18(23)21(10-19-17)8-15(22)20(2)12-5-6-27(24,25)9-12/h10-12H,3-9H2,1-2H3/t11-,12-/m1/s1. The molecule has 1 aliphatic heterocycles. The number of likely N-dealkylation sites (N-methyl/N-ethyl adjacent to an activating group) is 1. The van der Waals surface area contributed by atoms with E-state index in [1.165, 1.54) is 20.7 Å². The monoisotopic (exact) mass is 409 g/mol. The number of thiophene rings is 1. The van der Waals surface area contributed by atoms with Crippen LogP contribution in [0.4, 0.5) is 0 Å². The molecular weight excluding hydrogens is 386 g/mol. The van der Waals surface area contributed by atoms with Gasteiger partial charge >= 0.3 is 0 Å². The smallest absolute Gasteiger partial charge is 0.262 e. The molecule has 27 heavy (non-hydrogen) atoms. The van der Waals surface area contributed by atoms with Crippen LogP contribution in [0, 0.1) is 5.92 Å². The lowest BCUT2D eigenvalue weighted by Gasteiger charge is -2.23. The van der Waals surface area contributed by atoms with E-state index in [2.05, 4.69) is 11.9 Å². The number of nitrogens with zero attached hydrogens (tertiary/aromatic N) is 3. The highest BCUT2D eigenvalue weighted by Gasteiger charge is 2.33. The Kier molecular flexibility index (Phi) is 4.62. The molecule has 0 radical (unpaired) electrons. The largest absolute Gasteiger partial charge is 0.340 e. The maximum Gasteiger partial charge on any atom is 0.262 e. The minimum absolute atomic E-state index is 0.00233. The van der Waals surface area contributed by atoms with E-state index in [1.807, 2.05) is 0 Å². The third-order valence-electron chi connectivity index (χ3n) is 5.74. The lowest BCUT2D eigenvalue weighted by atomic mass is 9.89. The fourth-order valence-electron chi connectivity index (χ4n) is 4.02. The first-order valence-electron chi connectivity index (χ1n) is 9.21. The van der Waals surface area contributed by atoms with Gasteiger partial charge in [-0.2, -0.15) is 0 Å². The van der Waals surface area contributed by atoms with E-state index in [1.54, 1.807) is 18.4 Å². The molecule has 2 aliphatic rings. The van der Waals surface area contributed by atoms with E-state index >= 15 is 0 Å². The number of aromatic nitrogens is 2. The van der Waals surface area contributed by atoms with Crippen LogP contribution in [0.25, 0.3) is 10.2 Å². The number of sulfone groups is 1. The fraction of sp³-hybridized carbons (Fsp3) is 0.611. The SMILES string of the molecule is C[C@@H]1CCc2c(sc3ncn(CC(=O)N(C)[C@@H]4CCS(=O)(=O)C4)c(=O)c23)C1. The molecule has 1 fully saturated rings. The number of amides is 1. The third-order valence-corrected chi connectivity index (χ3v) is 8.65. The first-order valence-corrected chi connectivity index (χ1v) is 11.8. The van der Waals surface area contributed by atoms with Crippen molar-refractivity contribution in [2.24, 2.45) is 5.92 Å². The second kappa shape index (κ2) is 6.70. The van der Waals surface area contributed by atoms with Crippen molar-refractivity contribution in [1.82, 2.24) is 14.5 Å². The van der Waals surface area contributed by atoms with Gasteiger partial charge in [0.05, 0.1) is 23.2 Å². The Hall–Kier alpha value is -1.74. The van der Waals surface area contributed by atoms with Gasteiger partial charge in [0.15, 0.2) is 9.84 Å². The van der Waals surface area contributed by atoms with Gasteiger partial charge in [0.2, 0.25) is 5.91 Å². The predicted molar refractivity (Wildman–Crippen MR) is 105 cm³/mol. The predicted octanol–water partition coefficient (Wildman–Crippen LogP) is 1.23. The zero-order valence-electron chi connectivity index (χ0n) is 15.5. The summed E-state index contributed by atoms with van der Waals surface area (Å²) in [5.41, 5.74) is 0.926. The van der Waals surface area contributed by atoms with E-state index in [0.29, 0.717) is 17.7 Å². The molecule has 0 N–H and O–H groups in total. The van der Waals surface area contributed by atoms with E-state index in [-0.39, 0.29) is 35.6 Å². The molecule has 3 heterocycles. The third kappa shape index (κ3) is 3.42. The van der Waals surface area contributed by atoms with Crippen LogP contribution in [0.1, 0.15) is 30.2 Å². The lowest BCUT2D eigenvalue weighted by molar-refractivity contribution is -0.132. The van der Waals surface area contributed by atoms with E-state index in [4.69, 9.17) is 0 Å². The van der Waals surface area contributed by atoms with Crippen molar-refractivity contribution in [3.8, 4) is 0 Å². The van der Waals surface area contributed by atoms with E-state index in [0.717, 1.165) is 29.7 Å². The van der Waals surface area contributed by atoms with Crippen molar-refractivity contribution in [3.05, 3.63) is 27.1 Å². The number of carbonyl (C=O) groups excluding carboxylic acids is 1. The summed E-state index contributed by atoms with van der Waals surface area (Å²) in [7, 11) is -1.45. The highest BCUT2D eigenvalue weighted by Crippen LogP contribution is 2.35. The van der Waals surface area contributed by atoms with Crippen molar-refractivity contribution in [1.29, 1.82) is 0 Å². The minimum Gasteiger partial charge on any atom is -0.340 e. The Morgan fingerprint density at radius 3 is 2.89 bits per heavy atom. The van der Waals surface area contributed by atoms with Crippen molar-refractivity contribution in [3.63, 3.8) is 0 Å². The Balaban J connectivity index is 1.60. The molecule has 2 aromatic rings. The van der Waals surface area contributed by atoms with Crippen molar-refractivity contribution in [2.75, 3.05) is 18.6 Å². The maximum atomic E-state index is 13.0. The molecule has 4 rings (SSSR count). The number of fused-ring (bicyclic) bond motifs is 3. The zero-order chi connectivity index (χ0) is 19.3. The van der Waals surface area contributed by atoms with E-state index in [9.17, 15) is 18.0 Å². The van der Waals surface area contributed by atoms with Crippen LogP contribution in [-0.4, -0.2) is 53.4 Å². The summed E-state index contributed by atoms with van der Waals surface area (Å²) in [6.45, 7) is 2.10. The number of hydrogen-bond acceptors (Lipinski definition) is 6. The summed E-state index contributed by atoms with van der Waals surface area (Å²) < 4.78 is 24.7. The van der Waals surface area contributed by atoms with Crippen LogP contribution < -0.4 is 5.56 Å². The zero-order valence-corrected chi connectivity index (χ0v) is 17.1. The average Bonchev–Trinajstić information content (AvgIpc) is 3.16. The van der Waals surface area contributed by atoms with Crippen molar-refractivity contribution < 1.29 is 13.2 Å². The molecule has 9 heteroatoms. The summed E-state index contributed by atoms with van der Waals surface area (Å²) in [5, 5.41) is 0.656. The van der Waals surface area contributed by atoms with E-state index < -0.39 is 9.84 Å². The summed E-state index contributed by atoms with van der Waals surface area (Å²) in [4.78, 5) is 33.5. The molecule has 0 bridgehead atoms. The first kappa shape index (κ1) is 18.6. The second-order valence-corrected chi connectivity index (χ2v) is 11.1. The topological polar surface area (TPSA) is 89.3 Å².